The van der Waals surface area contributed by atoms with Crippen LogP contribution in [-0.2, 0) is 21.4 Å². The Balaban J connectivity index is 1.48. The van der Waals surface area contributed by atoms with E-state index in [9.17, 15) is 13.2 Å². The van der Waals surface area contributed by atoms with Crippen LogP contribution in [0, 0.1) is 26.7 Å². The van der Waals surface area contributed by atoms with Gasteiger partial charge >= 0.3 is 0 Å². The minimum atomic E-state index is -3.89. The molecule has 34 heavy (non-hydrogen) atoms. The van der Waals surface area contributed by atoms with Crippen molar-refractivity contribution in [3.05, 3.63) is 70.5 Å². The molecule has 0 saturated carbocycles. The number of nitrogens with zero attached hydrogens (tertiary/aromatic N) is 2. The minimum absolute atomic E-state index is 0.0444. The van der Waals surface area contributed by atoms with Crippen molar-refractivity contribution >= 4 is 28.1 Å². The van der Waals surface area contributed by atoms with Gasteiger partial charge in [-0.2, -0.15) is 4.31 Å². The number of carbonyl (C=O) groups excluding carboxylic acids is 1. The molecule has 3 aromatic rings. The third-order valence-electron chi connectivity index (χ3n) is 5.92. The summed E-state index contributed by atoms with van der Waals surface area (Å²) >= 11 is 0. The van der Waals surface area contributed by atoms with Crippen LogP contribution in [-0.4, -0.2) is 36.9 Å². The maximum absolute atomic E-state index is 13.5. The van der Waals surface area contributed by atoms with Crippen LogP contribution in [0.3, 0.4) is 0 Å². The molecule has 0 aliphatic carbocycles. The van der Waals surface area contributed by atoms with Gasteiger partial charge in [0.1, 0.15) is 17.2 Å². The number of nitrogens with one attached hydrogen (secondary N) is 1. The van der Waals surface area contributed by atoms with Gasteiger partial charge in [0.2, 0.25) is 15.9 Å². The summed E-state index contributed by atoms with van der Waals surface area (Å²) in [6, 6.07) is 11.5. The van der Waals surface area contributed by atoms with Gasteiger partial charge in [-0.05, 0) is 57.4 Å². The van der Waals surface area contributed by atoms with Crippen molar-refractivity contribution in [1.29, 1.82) is 0 Å². The summed E-state index contributed by atoms with van der Waals surface area (Å²) in [5.74, 6) is 0.992. The zero-order valence-electron chi connectivity index (χ0n) is 19.6. The number of benzene rings is 1. The maximum Gasteiger partial charge on any atom is 0.248 e. The Morgan fingerprint density at radius 3 is 2.62 bits per heavy atom. The maximum atomic E-state index is 13.5. The van der Waals surface area contributed by atoms with E-state index >= 15 is 0 Å². The van der Waals surface area contributed by atoms with Gasteiger partial charge < -0.3 is 14.3 Å². The molecule has 1 fully saturated rings. The Kier molecular flexibility index (Phi) is 7.04. The molecule has 180 valence electrons. The topological polar surface area (TPSA) is 106 Å². The Bertz CT molecular complexity index is 1290. The van der Waals surface area contributed by atoms with Crippen LogP contribution < -0.4 is 5.32 Å². The smallest absolute Gasteiger partial charge is 0.248 e. The third-order valence-corrected chi connectivity index (χ3v) is 7.95. The number of amides is 1. The van der Waals surface area contributed by atoms with E-state index in [0.717, 1.165) is 16.9 Å². The van der Waals surface area contributed by atoms with Gasteiger partial charge in [-0.15, -0.1) is 0 Å². The summed E-state index contributed by atoms with van der Waals surface area (Å²) in [6.45, 7) is 6.17. The lowest BCUT2D eigenvalue weighted by molar-refractivity contribution is -0.126. The fourth-order valence-corrected chi connectivity index (χ4v) is 5.82. The molecule has 4 rings (SSSR count). The molecule has 3 heterocycles. The van der Waals surface area contributed by atoms with Crippen LogP contribution in [0.5, 0.6) is 0 Å². The largest absolute Gasteiger partial charge is 0.465 e. The highest BCUT2D eigenvalue weighted by Gasteiger charge is 2.36. The molecule has 1 N–H and O–H groups in total. The van der Waals surface area contributed by atoms with Crippen LogP contribution in [0.4, 0.5) is 0 Å². The Morgan fingerprint density at radius 1 is 1.15 bits per heavy atom. The van der Waals surface area contributed by atoms with E-state index < -0.39 is 15.9 Å². The van der Waals surface area contributed by atoms with Crippen molar-refractivity contribution in [3.63, 3.8) is 0 Å². The first kappa shape index (κ1) is 24.0. The second-order valence-corrected chi connectivity index (χ2v) is 10.5. The standard InChI is InChI=1S/C25H29N3O5S/c1-17-6-9-20(10-7-17)11-13-23-24(19(3)27-33-23)34(30,31)28-14-4-5-21(16-28)25(29)26-15-22-12-8-18(2)32-22/h6-13,21H,4-5,14-16H2,1-3H3,(H,26,29)/b13-11+/t21-/m0/s1. The number of hydrogen-bond donors (Lipinski definition) is 1. The second kappa shape index (κ2) is 9.99. The zero-order valence-corrected chi connectivity index (χ0v) is 20.4. The van der Waals surface area contributed by atoms with Gasteiger partial charge in [0, 0.05) is 13.1 Å². The highest BCUT2D eigenvalue weighted by atomic mass is 32.2. The van der Waals surface area contributed by atoms with E-state index in [1.54, 1.807) is 19.1 Å². The Labute approximate surface area is 199 Å². The Morgan fingerprint density at radius 2 is 1.91 bits per heavy atom. The van der Waals surface area contributed by atoms with Crippen molar-refractivity contribution in [2.24, 2.45) is 5.92 Å². The van der Waals surface area contributed by atoms with Gasteiger partial charge in [0.15, 0.2) is 10.7 Å². The molecule has 0 spiro atoms. The number of carbonyl (C=O) groups is 1. The van der Waals surface area contributed by atoms with Crippen molar-refractivity contribution < 1.29 is 22.2 Å². The first-order valence-electron chi connectivity index (χ1n) is 11.3. The number of aryl methyl sites for hydroxylation is 3. The van der Waals surface area contributed by atoms with Crippen molar-refractivity contribution in [1.82, 2.24) is 14.8 Å². The molecule has 1 aliphatic heterocycles. The fraction of sp³-hybridized carbons (Fsp3) is 0.360. The van der Waals surface area contributed by atoms with E-state index in [1.807, 2.05) is 50.2 Å². The first-order valence-corrected chi connectivity index (χ1v) is 12.7. The monoisotopic (exact) mass is 483 g/mol. The molecule has 0 bridgehead atoms. The summed E-state index contributed by atoms with van der Waals surface area (Å²) in [5, 5.41) is 6.76. The molecule has 0 radical (unpaired) electrons. The average Bonchev–Trinajstić information content (AvgIpc) is 3.42. The highest BCUT2D eigenvalue weighted by molar-refractivity contribution is 7.89. The van der Waals surface area contributed by atoms with Crippen LogP contribution in [0.15, 0.2) is 50.2 Å². The highest BCUT2D eigenvalue weighted by Crippen LogP contribution is 2.29. The lowest BCUT2D eigenvalue weighted by Gasteiger charge is -2.31. The van der Waals surface area contributed by atoms with E-state index in [-0.39, 0.29) is 29.7 Å². The van der Waals surface area contributed by atoms with Crippen LogP contribution in [0.25, 0.3) is 12.2 Å². The normalized spacial score (nSPS) is 17.3. The molecular weight excluding hydrogens is 454 g/mol. The lowest BCUT2D eigenvalue weighted by Crippen LogP contribution is -2.45. The van der Waals surface area contributed by atoms with E-state index in [1.165, 1.54) is 4.31 Å². The summed E-state index contributed by atoms with van der Waals surface area (Å²) in [7, 11) is -3.89. The lowest BCUT2D eigenvalue weighted by atomic mass is 9.99. The van der Waals surface area contributed by atoms with E-state index in [4.69, 9.17) is 8.94 Å². The SMILES string of the molecule is Cc1ccc(/C=C/c2onc(C)c2S(=O)(=O)N2CCC[C@H](C(=O)NCc3ccc(C)o3)C2)cc1. The van der Waals surface area contributed by atoms with Crippen LogP contribution >= 0.6 is 0 Å². The predicted octanol–water partition coefficient (Wildman–Crippen LogP) is 4.08. The number of rotatable bonds is 7. The summed E-state index contributed by atoms with van der Waals surface area (Å²) in [5.41, 5.74) is 2.35. The molecule has 1 atom stereocenters. The van der Waals surface area contributed by atoms with Crippen molar-refractivity contribution in [2.45, 2.75) is 45.1 Å². The van der Waals surface area contributed by atoms with Gasteiger partial charge in [-0.25, -0.2) is 8.42 Å². The second-order valence-electron chi connectivity index (χ2n) is 8.64. The van der Waals surface area contributed by atoms with Gasteiger partial charge in [-0.1, -0.05) is 41.1 Å². The molecule has 0 unspecified atom stereocenters. The number of hydrogen-bond acceptors (Lipinski definition) is 6. The molecule has 8 nitrogen and oxygen atoms in total. The summed E-state index contributed by atoms with van der Waals surface area (Å²) in [6.07, 6.45) is 4.63. The van der Waals surface area contributed by atoms with Crippen LogP contribution in [0.1, 0.15) is 46.9 Å². The summed E-state index contributed by atoms with van der Waals surface area (Å²) < 4.78 is 39.3. The molecule has 1 saturated heterocycles. The summed E-state index contributed by atoms with van der Waals surface area (Å²) in [4.78, 5) is 12.8. The molecule has 9 heteroatoms. The molecule has 1 aromatic carbocycles. The van der Waals surface area contributed by atoms with Crippen molar-refractivity contribution in [2.75, 3.05) is 13.1 Å². The van der Waals surface area contributed by atoms with Gasteiger partial charge in [0.25, 0.3) is 0 Å². The zero-order chi connectivity index (χ0) is 24.3. The van der Waals surface area contributed by atoms with Crippen molar-refractivity contribution in [3.8, 4) is 0 Å². The quantitative estimate of drug-likeness (QED) is 0.543. The van der Waals surface area contributed by atoms with Gasteiger partial charge in [-0.3, -0.25) is 4.79 Å². The fourth-order valence-electron chi connectivity index (χ4n) is 4.05. The number of sulfonamides is 1. The minimum Gasteiger partial charge on any atom is -0.465 e. The van der Waals surface area contributed by atoms with Gasteiger partial charge in [0.05, 0.1) is 12.5 Å². The number of aromatic nitrogens is 1. The third kappa shape index (κ3) is 5.31. The van der Waals surface area contributed by atoms with Crippen LogP contribution in [0.2, 0.25) is 0 Å². The van der Waals surface area contributed by atoms with E-state index in [2.05, 4.69) is 10.5 Å². The van der Waals surface area contributed by atoms with E-state index in [0.29, 0.717) is 30.8 Å². The predicted molar refractivity (Wildman–Crippen MR) is 128 cm³/mol. The first-order chi connectivity index (χ1) is 16.2. The number of furan rings is 1. The average molecular weight is 484 g/mol. The number of piperidine rings is 1. The molecule has 1 amide bonds. The molecular formula is C25H29N3O5S. The Hall–Kier alpha value is -3.17. The molecule has 1 aliphatic rings. The molecule has 2 aromatic heterocycles.